The number of methoxy groups -OCH3 is 1. The summed E-state index contributed by atoms with van der Waals surface area (Å²) in [6, 6.07) is 0.251. The molecule has 0 aliphatic heterocycles. The largest absolute Gasteiger partial charge is 0.467 e. The molecule has 0 bridgehead atoms. The van der Waals surface area contributed by atoms with Crippen LogP contribution in [0, 0.1) is 13.8 Å². The topological polar surface area (TPSA) is 80.2 Å². The summed E-state index contributed by atoms with van der Waals surface area (Å²) >= 11 is 1.36. The number of nitrogens with zero attached hydrogens (tertiary/aromatic N) is 4. The highest BCUT2D eigenvalue weighted by Gasteiger charge is 2.17. The molecule has 7 nitrogen and oxygen atoms in total. The van der Waals surface area contributed by atoms with Gasteiger partial charge in [0, 0.05) is 14.1 Å². The van der Waals surface area contributed by atoms with Gasteiger partial charge in [-0.1, -0.05) is 0 Å². The Balaban J connectivity index is 2.30. The van der Waals surface area contributed by atoms with E-state index in [1.165, 1.54) is 24.6 Å². The van der Waals surface area contributed by atoms with Crippen molar-refractivity contribution in [2.75, 3.05) is 31.4 Å². The van der Waals surface area contributed by atoms with Crippen LogP contribution < -0.4 is 15.0 Å². The van der Waals surface area contributed by atoms with Gasteiger partial charge in [0.2, 0.25) is 0 Å². The van der Waals surface area contributed by atoms with Crippen LogP contribution in [-0.4, -0.2) is 42.1 Å². The number of thiazole rings is 1. The van der Waals surface area contributed by atoms with Gasteiger partial charge in [0.15, 0.2) is 5.82 Å². The fourth-order valence-corrected chi connectivity index (χ4v) is 2.62. The maximum Gasteiger partial charge on any atom is 0.318 e. The zero-order chi connectivity index (χ0) is 15.6. The Bertz CT molecular complexity index is 669. The second-order valence-corrected chi connectivity index (χ2v) is 5.79. The monoisotopic (exact) mass is 307 g/mol. The summed E-state index contributed by atoms with van der Waals surface area (Å²) in [4.78, 5) is 27.2. The average Bonchev–Trinajstić information content (AvgIpc) is 2.78. The third-order valence-electron chi connectivity index (χ3n) is 2.71. The molecule has 0 atom stereocenters. The highest BCUT2D eigenvalue weighted by Crippen LogP contribution is 2.25. The number of carbonyl (C=O) groups is 1. The van der Waals surface area contributed by atoms with Gasteiger partial charge >= 0.3 is 6.01 Å². The van der Waals surface area contributed by atoms with Gasteiger partial charge in [0.05, 0.1) is 24.0 Å². The van der Waals surface area contributed by atoms with E-state index in [4.69, 9.17) is 4.74 Å². The van der Waals surface area contributed by atoms with Gasteiger partial charge in [-0.05, 0) is 13.8 Å². The summed E-state index contributed by atoms with van der Waals surface area (Å²) in [6.45, 7) is 3.69. The number of amides is 1. The van der Waals surface area contributed by atoms with Crippen molar-refractivity contribution < 1.29 is 9.53 Å². The van der Waals surface area contributed by atoms with Crippen molar-refractivity contribution in [2.45, 2.75) is 13.8 Å². The normalized spacial score (nSPS) is 10.3. The number of anilines is 2. The first kappa shape index (κ1) is 15.2. The molecule has 0 radical (unpaired) electrons. The number of aromatic nitrogens is 3. The molecular weight excluding hydrogens is 290 g/mol. The molecule has 0 fully saturated rings. The molecule has 0 saturated carbocycles. The Labute approximate surface area is 127 Å². The summed E-state index contributed by atoms with van der Waals surface area (Å²) in [6.07, 6.45) is 1.53. The lowest BCUT2D eigenvalue weighted by Crippen LogP contribution is -2.18. The molecule has 0 aliphatic rings. The first-order chi connectivity index (χ1) is 9.92. The summed E-state index contributed by atoms with van der Waals surface area (Å²) in [5.41, 5.74) is 1.24. The fourth-order valence-electron chi connectivity index (χ4n) is 1.81. The number of nitrogens with one attached hydrogen (secondary N) is 1. The van der Waals surface area contributed by atoms with Crippen molar-refractivity contribution >= 4 is 28.7 Å². The van der Waals surface area contributed by atoms with Crippen LogP contribution in [-0.2, 0) is 0 Å². The predicted molar refractivity (Wildman–Crippen MR) is 82.5 cm³/mol. The van der Waals surface area contributed by atoms with E-state index in [2.05, 4.69) is 20.3 Å². The van der Waals surface area contributed by atoms with Crippen molar-refractivity contribution in [3.8, 4) is 6.01 Å². The van der Waals surface area contributed by atoms with Crippen LogP contribution in [0.25, 0.3) is 0 Å². The number of ether oxygens (including phenoxy) is 1. The lowest BCUT2D eigenvalue weighted by molar-refractivity contribution is 0.102. The van der Waals surface area contributed by atoms with Crippen LogP contribution in [0.3, 0.4) is 0 Å². The Morgan fingerprint density at radius 2 is 2.05 bits per heavy atom. The molecule has 112 valence electrons. The Morgan fingerprint density at radius 1 is 1.33 bits per heavy atom. The first-order valence-electron chi connectivity index (χ1n) is 6.26. The third kappa shape index (κ3) is 3.27. The van der Waals surface area contributed by atoms with Gasteiger partial charge in [-0.15, -0.1) is 11.3 Å². The predicted octanol–water partition coefficient (Wildman–Crippen LogP) is 1.88. The van der Waals surface area contributed by atoms with Crippen LogP contribution in [0.2, 0.25) is 0 Å². The highest BCUT2D eigenvalue weighted by atomic mass is 32.1. The Hall–Kier alpha value is -2.22. The van der Waals surface area contributed by atoms with Crippen LogP contribution in [0.15, 0.2) is 6.20 Å². The van der Waals surface area contributed by atoms with Crippen LogP contribution in [0.4, 0.5) is 11.5 Å². The van der Waals surface area contributed by atoms with E-state index in [1.807, 2.05) is 27.9 Å². The summed E-state index contributed by atoms with van der Waals surface area (Å²) < 4.78 is 5.00. The number of aryl methyl sites for hydroxylation is 2. The maximum absolute atomic E-state index is 12.3. The van der Waals surface area contributed by atoms with E-state index in [1.54, 1.807) is 4.90 Å². The molecule has 21 heavy (non-hydrogen) atoms. The smallest absolute Gasteiger partial charge is 0.318 e. The van der Waals surface area contributed by atoms with Gasteiger partial charge in [-0.2, -0.15) is 4.98 Å². The molecule has 8 heteroatoms. The van der Waals surface area contributed by atoms with E-state index in [-0.39, 0.29) is 11.9 Å². The third-order valence-corrected chi connectivity index (χ3v) is 3.78. The average molecular weight is 307 g/mol. The van der Waals surface area contributed by atoms with Crippen molar-refractivity contribution in [1.29, 1.82) is 0 Å². The minimum Gasteiger partial charge on any atom is -0.467 e. The zero-order valence-corrected chi connectivity index (χ0v) is 13.4. The van der Waals surface area contributed by atoms with E-state index < -0.39 is 0 Å². The quantitative estimate of drug-likeness (QED) is 0.929. The molecule has 2 aromatic rings. The zero-order valence-electron chi connectivity index (χ0n) is 12.6. The molecule has 0 saturated heterocycles. The molecule has 0 unspecified atom stereocenters. The molecule has 2 aromatic heterocycles. The van der Waals surface area contributed by atoms with E-state index in [0.717, 1.165) is 10.7 Å². The second-order valence-electron chi connectivity index (χ2n) is 4.59. The fraction of sp³-hybridized carbons (Fsp3) is 0.385. The van der Waals surface area contributed by atoms with Crippen LogP contribution in [0.1, 0.15) is 20.4 Å². The van der Waals surface area contributed by atoms with Crippen molar-refractivity contribution in [3.63, 3.8) is 0 Å². The van der Waals surface area contributed by atoms with E-state index in [0.29, 0.717) is 16.4 Å². The molecule has 1 N–H and O–H groups in total. The minimum atomic E-state index is -0.213. The lowest BCUT2D eigenvalue weighted by Gasteiger charge is -2.16. The van der Waals surface area contributed by atoms with Gasteiger partial charge in [-0.25, -0.2) is 9.97 Å². The van der Waals surface area contributed by atoms with Gasteiger partial charge < -0.3 is 15.0 Å². The SMILES string of the molecule is COc1ncc(NC(=O)c2sc(C)nc2C)c(N(C)C)n1. The summed E-state index contributed by atoms with van der Waals surface area (Å²) in [5.74, 6) is 0.365. The summed E-state index contributed by atoms with van der Waals surface area (Å²) in [7, 11) is 5.16. The highest BCUT2D eigenvalue weighted by molar-refractivity contribution is 7.13. The Kier molecular flexibility index (Phi) is 4.37. The molecular formula is C13H17N5O2S. The van der Waals surface area contributed by atoms with Crippen molar-refractivity contribution in [2.24, 2.45) is 0 Å². The lowest BCUT2D eigenvalue weighted by atomic mass is 10.3. The molecule has 0 spiro atoms. The van der Waals surface area contributed by atoms with E-state index >= 15 is 0 Å². The van der Waals surface area contributed by atoms with E-state index in [9.17, 15) is 4.79 Å². The van der Waals surface area contributed by atoms with Crippen molar-refractivity contribution in [3.05, 3.63) is 21.8 Å². The van der Waals surface area contributed by atoms with Crippen LogP contribution in [0.5, 0.6) is 6.01 Å². The van der Waals surface area contributed by atoms with Crippen molar-refractivity contribution in [1.82, 2.24) is 15.0 Å². The van der Waals surface area contributed by atoms with Gasteiger partial charge in [-0.3, -0.25) is 4.79 Å². The number of carbonyl (C=O) groups excluding carboxylic acids is 1. The summed E-state index contributed by atoms with van der Waals surface area (Å²) in [5, 5.41) is 3.68. The number of rotatable bonds is 4. The second kappa shape index (κ2) is 6.04. The first-order valence-corrected chi connectivity index (χ1v) is 7.07. The number of hydrogen-bond acceptors (Lipinski definition) is 7. The minimum absolute atomic E-state index is 0.213. The van der Waals surface area contributed by atoms with Gasteiger partial charge in [0.25, 0.3) is 5.91 Å². The molecule has 0 aliphatic carbocycles. The number of hydrogen-bond donors (Lipinski definition) is 1. The molecule has 1 amide bonds. The molecule has 2 rings (SSSR count). The molecule has 0 aromatic carbocycles. The standard InChI is InChI=1S/C13H17N5O2S/c1-7-10(21-8(2)15-7)12(19)16-9-6-14-13(20-5)17-11(9)18(3)4/h6H,1-5H3,(H,16,19). The Morgan fingerprint density at radius 3 is 2.57 bits per heavy atom. The molecule has 2 heterocycles. The van der Waals surface area contributed by atoms with Crippen LogP contribution >= 0.6 is 11.3 Å². The maximum atomic E-state index is 12.3. The van der Waals surface area contributed by atoms with Gasteiger partial charge in [0.1, 0.15) is 10.6 Å².